The van der Waals surface area contributed by atoms with Gasteiger partial charge in [-0.05, 0) is 0 Å². The topological polar surface area (TPSA) is 17.1 Å². The predicted octanol–water partition coefficient (Wildman–Crippen LogP) is 2.48. The van der Waals surface area contributed by atoms with Crippen molar-refractivity contribution in [2.24, 2.45) is 0 Å². The van der Waals surface area contributed by atoms with Gasteiger partial charge in [0, 0.05) is 0 Å². The number of hydrogen-bond acceptors (Lipinski definition) is 1. The number of aldehydes is 1. The van der Waals surface area contributed by atoms with Crippen LogP contribution in [0.15, 0.2) is 0 Å². The summed E-state index contributed by atoms with van der Waals surface area (Å²) in [5.41, 5.74) is 0. The van der Waals surface area contributed by atoms with Crippen LogP contribution in [0.25, 0.3) is 0 Å². The van der Waals surface area contributed by atoms with Gasteiger partial charge in [0.2, 0.25) is 0 Å². The van der Waals surface area contributed by atoms with Gasteiger partial charge in [-0.15, -0.1) is 0 Å². The first kappa shape index (κ1) is 8.67. The average molecular weight is 170 g/mol. The third-order valence-corrected chi connectivity index (χ3v) is 1.15. The van der Waals surface area contributed by atoms with Crippen molar-refractivity contribution < 1.29 is 24.2 Å². The molecule has 0 aromatic rings. The van der Waals surface area contributed by atoms with Crippen LogP contribution in [0.5, 0.6) is 0 Å². The van der Waals surface area contributed by atoms with Gasteiger partial charge in [-0.2, -0.15) is 0 Å². The minimum absolute atomic E-state index is 0.846. The molecule has 0 saturated carbocycles. The highest BCUT2D eigenvalue weighted by Crippen LogP contribution is 2.97. The van der Waals surface area contributed by atoms with E-state index in [0.29, 0.717) is 0 Å². The molecule has 0 aliphatic heterocycles. The van der Waals surface area contributed by atoms with Gasteiger partial charge in [-0.25, -0.2) is 0 Å². The summed E-state index contributed by atoms with van der Waals surface area (Å²) in [6.07, 6.45) is -0.846. The Bertz CT molecular complexity index is 130. The van der Waals surface area contributed by atoms with Crippen LogP contribution >= 0.6 is 10.2 Å². The maximum atomic E-state index is 11.0. The van der Waals surface area contributed by atoms with E-state index in [4.69, 9.17) is 4.79 Å². The molecule has 7 heteroatoms. The van der Waals surface area contributed by atoms with E-state index in [9.17, 15) is 19.4 Å². The van der Waals surface area contributed by atoms with E-state index >= 15 is 0 Å². The maximum Gasteiger partial charge on any atom is 0.291 e. The number of carbonyl (C=O) groups is 1. The van der Waals surface area contributed by atoms with E-state index in [0.717, 1.165) is 0 Å². The summed E-state index contributed by atoms with van der Waals surface area (Å²) in [6, 6.07) is 0. The van der Waals surface area contributed by atoms with Crippen LogP contribution in [0.1, 0.15) is 0 Å². The van der Waals surface area contributed by atoms with Crippen molar-refractivity contribution in [2.45, 2.75) is 0 Å². The fourth-order valence-electron chi connectivity index (χ4n) is 0.129. The zero-order valence-electron chi connectivity index (χ0n) is 3.99. The standard InChI is InChI=1S/C2H3F5OS/c3-9(4,5,6,7)2-1-8/h1H,2H2. The first-order valence-electron chi connectivity index (χ1n) is 1.70. The first-order valence-corrected chi connectivity index (χ1v) is 3.82. The first-order chi connectivity index (χ1) is 3.54. The number of halogens is 5. The van der Waals surface area contributed by atoms with E-state index < -0.39 is 22.3 Å². The molecule has 0 aliphatic rings. The molecule has 0 saturated heterocycles. The Morgan fingerprint density at radius 1 is 1.11 bits per heavy atom. The van der Waals surface area contributed by atoms with Crippen molar-refractivity contribution in [3.63, 3.8) is 0 Å². The van der Waals surface area contributed by atoms with Gasteiger partial charge in [0.05, 0.1) is 0 Å². The lowest BCUT2D eigenvalue weighted by atomic mass is 10.9. The molecule has 1 nitrogen and oxygen atoms in total. The molecule has 0 rings (SSSR count). The Hall–Kier alpha value is -0.330. The van der Waals surface area contributed by atoms with Crippen molar-refractivity contribution in [3.8, 4) is 0 Å². The van der Waals surface area contributed by atoms with E-state index in [1.807, 2.05) is 0 Å². The van der Waals surface area contributed by atoms with Crippen LogP contribution in [-0.2, 0) is 4.79 Å². The van der Waals surface area contributed by atoms with E-state index in [2.05, 4.69) is 0 Å². The quantitative estimate of drug-likeness (QED) is 0.459. The Balaban J connectivity index is 4.53. The van der Waals surface area contributed by atoms with Gasteiger partial charge >= 0.3 is 0 Å². The molecule has 0 amide bonds. The highest BCUT2D eigenvalue weighted by molar-refractivity contribution is 8.46. The molecule has 0 aliphatic carbocycles. The third-order valence-electron chi connectivity index (χ3n) is 0.383. The fourth-order valence-corrected chi connectivity index (χ4v) is 0.386. The van der Waals surface area contributed by atoms with Gasteiger partial charge in [-0.3, -0.25) is 0 Å². The number of hydrogen-bond donors (Lipinski definition) is 0. The van der Waals surface area contributed by atoms with E-state index in [1.165, 1.54) is 0 Å². The Kier molecular flexibility index (Phi) is 1.18. The SMILES string of the molecule is O=CCS(F)(F)(F)(F)F. The molecule has 58 valence electrons. The third kappa shape index (κ3) is 7.67. The van der Waals surface area contributed by atoms with Crippen molar-refractivity contribution in [1.29, 1.82) is 0 Å². The molecule has 0 atom stereocenters. The molecule has 0 fully saturated rings. The van der Waals surface area contributed by atoms with Crippen molar-refractivity contribution >= 4 is 16.5 Å². The molecule has 0 aromatic heterocycles. The summed E-state index contributed by atoms with van der Waals surface area (Å²) in [5.74, 6) is -2.62. The normalized spacial score (nSPS) is 20.1. The summed E-state index contributed by atoms with van der Waals surface area (Å²) >= 11 is 0. The molecule has 0 spiro atoms. The second-order valence-electron chi connectivity index (χ2n) is 1.46. The van der Waals surface area contributed by atoms with Crippen LogP contribution in [-0.4, -0.2) is 12.0 Å². The Labute approximate surface area is 47.6 Å². The van der Waals surface area contributed by atoms with Gasteiger partial charge in [0.15, 0.2) is 0 Å². The highest BCUT2D eigenvalue weighted by atomic mass is 32.5. The summed E-state index contributed by atoms with van der Waals surface area (Å²) in [5, 5.41) is 0. The monoisotopic (exact) mass is 170 g/mol. The molecular formula is C2H3F5OS. The minimum atomic E-state index is -9.40. The van der Waals surface area contributed by atoms with Crippen LogP contribution in [0.4, 0.5) is 19.4 Å². The lowest BCUT2D eigenvalue weighted by Crippen LogP contribution is -2.11. The van der Waals surface area contributed by atoms with Gasteiger partial charge in [0.1, 0.15) is 12.0 Å². The summed E-state index contributed by atoms with van der Waals surface area (Å²) in [7, 11) is -9.40. The predicted molar refractivity (Wildman–Crippen MR) is 24.1 cm³/mol. The van der Waals surface area contributed by atoms with Crippen LogP contribution < -0.4 is 0 Å². The summed E-state index contributed by atoms with van der Waals surface area (Å²) < 4.78 is 54.9. The second kappa shape index (κ2) is 1.23. The van der Waals surface area contributed by atoms with Crippen molar-refractivity contribution in [1.82, 2.24) is 0 Å². The number of rotatable bonds is 2. The summed E-state index contributed by atoms with van der Waals surface area (Å²) in [4.78, 5) is 9.06. The lowest BCUT2D eigenvalue weighted by molar-refractivity contribution is -0.106. The van der Waals surface area contributed by atoms with Crippen LogP contribution in [0.3, 0.4) is 0 Å². The zero-order chi connectivity index (χ0) is 7.82. The minimum Gasteiger partial charge on any atom is -0.302 e. The molecule has 0 aromatic carbocycles. The highest BCUT2D eigenvalue weighted by Gasteiger charge is 2.62. The second-order valence-corrected chi connectivity index (χ2v) is 4.05. The molecule has 0 N–H and O–H groups in total. The maximum absolute atomic E-state index is 11.0. The molecular weight excluding hydrogens is 167 g/mol. The van der Waals surface area contributed by atoms with Crippen LogP contribution in [0.2, 0.25) is 0 Å². The van der Waals surface area contributed by atoms with Crippen molar-refractivity contribution in [2.75, 3.05) is 5.75 Å². The van der Waals surface area contributed by atoms with E-state index in [-0.39, 0.29) is 0 Å². The van der Waals surface area contributed by atoms with Crippen molar-refractivity contribution in [3.05, 3.63) is 0 Å². The van der Waals surface area contributed by atoms with Crippen LogP contribution in [0, 0.1) is 0 Å². The Morgan fingerprint density at radius 3 is 1.44 bits per heavy atom. The molecule has 0 unspecified atom stereocenters. The van der Waals surface area contributed by atoms with Gasteiger partial charge in [0.25, 0.3) is 10.2 Å². The smallest absolute Gasteiger partial charge is 0.291 e. The zero-order valence-corrected chi connectivity index (χ0v) is 4.81. The molecule has 0 radical (unpaired) electrons. The number of carbonyl (C=O) groups excluding carboxylic acids is 1. The molecule has 9 heavy (non-hydrogen) atoms. The molecule has 0 bridgehead atoms. The lowest BCUT2D eigenvalue weighted by Gasteiger charge is -2.38. The van der Waals surface area contributed by atoms with Gasteiger partial charge in [-0.1, -0.05) is 19.4 Å². The fraction of sp³-hybridized carbons (Fsp3) is 0.500. The van der Waals surface area contributed by atoms with E-state index in [1.54, 1.807) is 0 Å². The Morgan fingerprint density at radius 2 is 1.44 bits per heavy atom. The molecule has 0 heterocycles. The van der Waals surface area contributed by atoms with Gasteiger partial charge < -0.3 is 4.79 Å². The average Bonchev–Trinajstić information content (AvgIpc) is 1.22. The summed E-state index contributed by atoms with van der Waals surface area (Å²) in [6.45, 7) is 0. The largest absolute Gasteiger partial charge is 0.302 e.